The minimum atomic E-state index is -0.424. The van der Waals surface area contributed by atoms with Crippen molar-refractivity contribution in [3.8, 4) is 18.0 Å². The zero-order valence-electron chi connectivity index (χ0n) is 18.9. The molecule has 31 heavy (non-hydrogen) atoms. The third-order valence-corrected chi connectivity index (χ3v) is 6.01. The molecule has 0 bridgehead atoms. The van der Waals surface area contributed by atoms with Crippen molar-refractivity contribution in [1.29, 1.82) is 0 Å². The summed E-state index contributed by atoms with van der Waals surface area (Å²) in [6.45, 7) is 8.26. The van der Waals surface area contributed by atoms with Crippen molar-refractivity contribution in [2.75, 3.05) is 11.5 Å². The lowest BCUT2D eigenvalue weighted by Crippen LogP contribution is -2.42. The molecule has 3 rings (SSSR count). The molecule has 1 aromatic heterocycles. The molecule has 1 aliphatic carbocycles. The van der Waals surface area contributed by atoms with E-state index in [0.29, 0.717) is 17.2 Å². The van der Waals surface area contributed by atoms with Crippen LogP contribution in [0.15, 0.2) is 36.7 Å². The first-order valence-electron chi connectivity index (χ1n) is 11.1. The molecule has 1 fully saturated rings. The Labute approximate surface area is 185 Å². The van der Waals surface area contributed by atoms with Crippen molar-refractivity contribution < 1.29 is 14.3 Å². The van der Waals surface area contributed by atoms with E-state index in [9.17, 15) is 9.59 Å². The van der Waals surface area contributed by atoms with Gasteiger partial charge in [0.2, 0.25) is 5.91 Å². The smallest absolute Gasteiger partial charge is 0.341 e. The molecule has 5 nitrogen and oxygen atoms in total. The van der Waals surface area contributed by atoms with Crippen LogP contribution in [0.25, 0.3) is 5.69 Å². The van der Waals surface area contributed by atoms with Crippen molar-refractivity contribution in [2.24, 2.45) is 11.8 Å². The summed E-state index contributed by atoms with van der Waals surface area (Å²) in [5.41, 5.74) is 2.64. The van der Waals surface area contributed by atoms with Crippen molar-refractivity contribution in [3.05, 3.63) is 47.8 Å². The van der Waals surface area contributed by atoms with Crippen LogP contribution in [-0.2, 0) is 9.53 Å². The summed E-state index contributed by atoms with van der Waals surface area (Å²) in [4.78, 5) is 28.1. The first kappa shape index (κ1) is 22.7. The standard InChI is InChI=1S/C26H32N2O3/c1-6-20-10-14-22(15-11-20)27-16-23(26(30)31-7-2)24(17-27)28(18(3)4)25(29)21-12-8-19(5)9-13-21/h1,10-11,14-19,21H,7-9,12-13H2,2-5H3. The van der Waals surface area contributed by atoms with Gasteiger partial charge in [0, 0.05) is 35.6 Å². The van der Waals surface area contributed by atoms with Crippen LogP contribution in [0.3, 0.4) is 0 Å². The molecule has 0 spiro atoms. The summed E-state index contributed by atoms with van der Waals surface area (Å²) in [6.07, 6.45) is 13.0. The Hall–Kier alpha value is -3.00. The third-order valence-electron chi connectivity index (χ3n) is 6.01. The molecular formula is C26H32N2O3. The van der Waals surface area contributed by atoms with Gasteiger partial charge in [-0.3, -0.25) is 4.79 Å². The molecule has 5 heteroatoms. The minimum Gasteiger partial charge on any atom is -0.462 e. The summed E-state index contributed by atoms with van der Waals surface area (Å²) in [6, 6.07) is 7.43. The molecule has 164 valence electrons. The molecule has 0 radical (unpaired) electrons. The lowest BCUT2D eigenvalue weighted by atomic mass is 9.82. The highest BCUT2D eigenvalue weighted by atomic mass is 16.5. The number of terminal acetylenes is 1. The van der Waals surface area contributed by atoms with E-state index in [4.69, 9.17) is 11.2 Å². The van der Waals surface area contributed by atoms with E-state index in [-0.39, 0.29) is 24.5 Å². The Morgan fingerprint density at radius 3 is 2.35 bits per heavy atom. The summed E-state index contributed by atoms with van der Waals surface area (Å²) in [5.74, 6) is 2.93. The number of esters is 1. The number of nitrogens with zero attached hydrogens (tertiary/aromatic N) is 2. The number of carbonyl (C=O) groups is 2. The Balaban J connectivity index is 2.02. The van der Waals surface area contributed by atoms with Gasteiger partial charge >= 0.3 is 5.97 Å². The lowest BCUT2D eigenvalue weighted by Gasteiger charge is -2.33. The molecule has 0 saturated heterocycles. The second kappa shape index (κ2) is 9.87. The van der Waals surface area contributed by atoms with Crippen LogP contribution in [0.5, 0.6) is 0 Å². The van der Waals surface area contributed by atoms with Crippen LogP contribution in [-0.4, -0.2) is 29.1 Å². The first-order chi connectivity index (χ1) is 14.8. The van der Waals surface area contributed by atoms with E-state index in [1.165, 1.54) is 0 Å². The zero-order valence-corrected chi connectivity index (χ0v) is 18.9. The molecule has 0 aliphatic heterocycles. The van der Waals surface area contributed by atoms with Gasteiger partial charge in [0.1, 0.15) is 5.56 Å². The SMILES string of the molecule is C#Cc1ccc(-n2cc(C(=O)OCC)c(N(C(=O)C3CCC(C)CC3)C(C)C)c2)cc1. The van der Waals surface area contributed by atoms with Gasteiger partial charge in [-0.2, -0.15) is 0 Å². The van der Waals surface area contributed by atoms with Crippen LogP contribution in [0, 0.1) is 24.2 Å². The van der Waals surface area contributed by atoms with Gasteiger partial charge in [-0.05, 0) is 76.6 Å². The third kappa shape index (κ3) is 5.02. The molecule has 1 aromatic carbocycles. The average molecular weight is 421 g/mol. The summed E-state index contributed by atoms with van der Waals surface area (Å²) in [5, 5.41) is 0. The van der Waals surface area contributed by atoms with Crippen molar-refractivity contribution in [3.63, 3.8) is 0 Å². The summed E-state index contributed by atoms with van der Waals surface area (Å²) in [7, 11) is 0. The van der Waals surface area contributed by atoms with E-state index < -0.39 is 5.97 Å². The number of ether oxygens (including phenoxy) is 1. The van der Waals surface area contributed by atoms with Gasteiger partial charge < -0.3 is 14.2 Å². The van der Waals surface area contributed by atoms with Gasteiger partial charge in [-0.1, -0.05) is 12.8 Å². The Morgan fingerprint density at radius 1 is 1.16 bits per heavy atom. The maximum atomic E-state index is 13.6. The average Bonchev–Trinajstić information content (AvgIpc) is 3.19. The highest BCUT2D eigenvalue weighted by Gasteiger charge is 2.33. The fraction of sp³-hybridized carbons (Fsp3) is 0.462. The van der Waals surface area contributed by atoms with Crippen molar-refractivity contribution >= 4 is 17.6 Å². The minimum absolute atomic E-state index is 0.00749. The Kier molecular flexibility index (Phi) is 7.22. The van der Waals surface area contributed by atoms with Crippen LogP contribution in [0.4, 0.5) is 5.69 Å². The largest absolute Gasteiger partial charge is 0.462 e. The van der Waals surface area contributed by atoms with E-state index in [2.05, 4.69) is 12.8 Å². The van der Waals surface area contributed by atoms with E-state index in [1.807, 2.05) is 48.9 Å². The predicted molar refractivity (Wildman–Crippen MR) is 123 cm³/mol. The number of carbonyl (C=O) groups excluding carboxylic acids is 2. The topological polar surface area (TPSA) is 51.5 Å². The van der Waals surface area contributed by atoms with Crippen LogP contribution >= 0.6 is 0 Å². The molecule has 1 heterocycles. The molecular weight excluding hydrogens is 388 g/mol. The molecule has 0 unspecified atom stereocenters. The zero-order chi connectivity index (χ0) is 22.5. The number of amides is 1. The number of hydrogen-bond acceptors (Lipinski definition) is 3. The highest BCUT2D eigenvalue weighted by Crippen LogP contribution is 2.34. The summed E-state index contributed by atoms with van der Waals surface area (Å²) >= 11 is 0. The fourth-order valence-corrected chi connectivity index (χ4v) is 4.24. The van der Waals surface area contributed by atoms with Crippen LogP contribution in [0.1, 0.15) is 69.3 Å². The van der Waals surface area contributed by atoms with Crippen molar-refractivity contribution in [2.45, 2.75) is 59.4 Å². The molecule has 2 aromatic rings. The Morgan fingerprint density at radius 2 is 1.81 bits per heavy atom. The number of aromatic nitrogens is 1. The lowest BCUT2D eigenvalue weighted by molar-refractivity contribution is -0.123. The van der Waals surface area contributed by atoms with Gasteiger partial charge in [-0.15, -0.1) is 6.42 Å². The molecule has 0 N–H and O–H groups in total. The highest BCUT2D eigenvalue weighted by molar-refractivity contribution is 6.03. The second-order valence-electron chi connectivity index (χ2n) is 8.63. The normalized spacial score (nSPS) is 18.5. The van der Waals surface area contributed by atoms with E-state index >= 15 is 0 Å². The monoisotopic (exact) mass is 420 g/mol. The van der Waals surface area contributed by atoms with Gasteiger partial charge in [-0.25, -0.2) is 4.79 Å². The summed E-state index contributed by atoms with van der Waals surface area (Å²) < 4.78 is 7.16. The number of benzene rings is 1. The first-order valence-corrected chi connectivity index (χ1v) is 11.1. The molecule has 1 amide bonds. The predicted octanol–water partition coefficient (Wildman–Crippen LogP) is 5.20. The number of hydrogen-bond donors (Lipinski definition) is 0. The second-order valence-corrected chi connectivity index (χ2v) is 8.63. The number of anilines is 1. The van der Waals surface area contributed by atoms with E-state index in [1.54, 1.807) is 18.0 Å². The van der Waals surface area contributed by atoms with Crippen LogP contribution in [0.2, 0.25) is 0 Å². The number of rotatable bonds is 6. The molecule has 0 atom stereocenters. The maximum Gasteiger partial charge on any atom is 0.341 e. The fourth-order valence-electron chi connectivity index (χ4n) is 4.24. The quantitative estimate of drug-likeness (QED) is 0.477. The maximum absolute atomic E-state index is 13.6. The molecule has 1 aliphatic rings. The van der Waals surface area contributed by atoms with Gasteiger partial charge in [0.25, 0.3) is 0 Å². The Bertz CT molecular complexity index is 958. The molecule has 1 saturated carbocycles. The van der Waals surface area contributed by atoms with Crippen molar-refractivity contribution in [1.82, 2.24) is 4.57 Å². The van der Waals surface area contributed by atoms with Crippen LogP contribution < -0.4 is 4.90 Å². The van der Waals surface area contributed by atoms with Gasteiger partial charge in [0.15, 0.2) is 0 Å². The van der Waals surface area contributed by atoms with Gasteiger partial charge in [0.05, 0.1) is 12.3 Å². The van der Waals surface area contributed by atoms with E-state index in [0.717, 1.165) is 36.9 Å².